The fraction of sp³-hybridized carbons (Fsp3) is 0.500. The zero-order valence-electron chi connectivity index (χ0n) is 9.95. The molecule has 0 aromatic heterocycles. The molecule has 1 rings (SSSR count). The third-order valence-electron chi connectivity index (χ3n) is 2.17. The standard InChI is InChI=1S/C12H15F4N/c1-11(2,3)17-7-12(15,16)9-5-4-8(13)6-10(9)14/h4-6,17H,7H2,1-3H3. The van der Waals surface area contributed by atoms with E-state index < -0.39 is 35.2 Å². The number of hydrogen-bond donors (Lipinski definition) is 1. The maximum absolute atomic E-state index is 13.7. The van der Waals surface area contributed by atoms with Crippen molar-refractivity contribution in [2.45, 2.75) is 32.2 Å². The van der Waals surface area contributed by atoms with Crippen LogP contribution in [0.2, 0.25) is 0 Å². The second kappa shape index (κ2) is 4.64. The van der Waals surface area contributed by atoms with E-state index in [2.05, 4.69) is 5.32 Å². The highest BCUT2D eigenvalue weighted by atomic mass is 19.3. The Labute approximate surface area is 97.8 Å². The summed E-state index contributed by atoms with van der Waals surface area (Å²) < 4.78 is 53.1. The maximum Gasteiger partial charge on any atom is 0.288 e. The van der Waals surface area contributed by atoms with Gasteiger partial charge in [0.1, 0.15) is 11.6 Å². The Hall–Kier alpha value is -1.10. The molecule has 0 amide bonds. The molecule has 0 aliphatic rings. The van der Waals surface area contributed by atoms with Gasteiger partial charge < -0.3 is 5.32 Å². The molecular formula is C12H15F4N. The molecule has 0 aliphatic carbocycles. The van der Waals surface area contributed by atoms with Gasteiger partial charge in [-0.2, -0.15) is 8.78 Å². The van der Waals surface area contributed by atoms with Crippen LogP contribution in [0.15, 0.2) is 18.2 Å². The zero-order chi connectivity index (χ0) is 13.3. The van der Waals surface area contributed by atoms with Gasteiger partial charge in [-0.1, -0.05) is 0 Å². The SMILES string of the molecule is CC(C)(C)NCC(F)(F)c1ccc(F)cc1F. The minimum atomic E-state index is -3.37. The topological polar surface area (TPSA) is 12.0 Å². The molecule has 0 bridgehead atoms. The molecule has 0 heterocycles. The molecule has 96 valence electrons. The molecule has 0 radical (unpaired) electrons. The van der Waals surface area contributed by atoms with Crippen LogP contribution in [-0.2, 0) is 5.92 Å². The Bertz CT molecular complexity index is 396. The van der Waals surface area contributed by atoms with E-state index in [-0.39, 0.29) is 0 Å². The van der Waals surface area contributed by atoms with Crippen molar-refractivity contribution in [2.24, 2.45) is 0 Å². The van der Waals surface area contributed by atoms with Crippen molar-refractivity contribution in [1.29, 1.82) is 0 Å². The summed E-state index contributed by atoms with van der Waals surface area (Å²) in [6, 6.07) is 2.05. The molecular weight excluding hydrogens is 234 g/mol. The summed E-state index contributed by atoms with van der Waals surface area (Å²) in [5.41, 5.74) is -1.30. The molecule has 0 saturated heterocycles. The number of benzene rings is 1. The van der Waals surface area contributed by atoms with Crippen molar-refractivity contribution in [3.8, 4) is 0 Å². The lowest BCUT2D eigenvalue weighted by Gasteiger charge is -2.25. The van der Waals surface area contributed by atoms with Gasteiger partial charge in [0.25, 0.3) is 5.92 Å². The lowest BCUT2D eigenvalue weighted by molar-refractivity contribution is -0.0120. The fourth-order valence-corrected chi connectivity index (χ4v) is 1.26. The van der Waals surface area contributed by atoms with E-state index >= 15 is 0 Å². The van der Waals surface area contributed by atoms with E-state index in [9.17, 15) is 17.6 Å². The second-order valence-corrected chi connectivity index (χ2v) is 4.93. The van der Waals surface area contributed by atoms with E-state index in [1.54, 1.807) is 20.8 Å². The molecule has 17 heavy (non-hydrogen) atoms. The summed E-state index contributed by atoms with van der Waals surface area (Å²) in [6.45, 7) is 4.48. The van der Waals surface area contributed by atoms with Crippen LogP contribution in [0.5, 0.6) is 0 Å². The summed E-state index contributed by atoms with van der Waals surface area (Å²) in [7, 11) is 0. The molecule has 0 atom stereocenters. The third-order valence-corrected chi connectivity index (χ3v) is 2.17. The molecule has 0 saturated carbocycles. The van der Waals surface area contributed by atoms with Crippen LogP contribution in [-0.4, -0.2) is 12.1 Å². The van der Waals surface area contributed by atoms with Gasteiger partial charge >= 0.3 is 0 Å². The fourth-order valence-electron chi connectivity index (χ4n) is 1.26. The molecule has 0 fully saturated rings. The number of halogens is 4. The van der Waals surface area contributed by atoms with Crippen LogP contribution in [0.4, 0.5) is 17.6 Å². The van der Waals surface area contributed by atoms with Gasteiger partial charge in [0.15, 0.2) is 0 Å². The van der Waals surface area contributed by atoms with Gasteiger partial charge in [0, 0.05) is 11.6 Å². The van der Waals surface area contributed by atoms with Gasteiger partial charge in [-0.05, 0) is 32.9 Å². The largest absolute Gasteiger partial charge is 0.306 e. The summed E-state index contributed by atoms with van der Waals surface area (Å²) in [5, 5.41) is 2.59. The molecule has 0 spiro atoms. The monoisotopic (exact) mass is 249 g/mol. The van der Waals surface area contributed by atoms with Crippen molar-refractivity contribution in [1.82, 2.24) is 5.32 Å². The smallest absolute Gasteiger partial charge is 0.288 e. The van der Waals surface area contributed by atoms with Crippen molar-refractivity contribution in [2.75, 3.05) is 6.54 Å². The van der Waals surface area contributed by atoms with Crippen LogP contribution in [0.25, 0.3) is 0 Å². The normalized spacial score (nSPS) is 12.9. The first kappa shape index (κ1) is 14.0. The Balaban J connectivity index is 2.89. The van der Waals surface area contributed by atoms with Gasteiger partial charge in [0.05, 0.1) is 12.1 Å². The lowest BCUT2D eigenvalue weighted by Crippen LogP contribution is -2.42. The highest BCUT2D eigenvalue weighted by Gasteiger charge is 2.35. The van der Waals surface area contributed by atoms with Crippen molar-refractivity contribution in [3.63, 3.8) is 0 Å². The molecule has 0 aliphatic heterocycles. The zero-order valence-corrected chi connectivity index (χ0v) is 9.95. The predicted molar refractivity (Wildman–Crippen MR) is 58.0 cm³/mol. The number of nitrogens with one attached hydrogen (secondary N) is 1. The van der Waals surface area contributed by atoms with Gasteiger partial charge in [-0.25, -0.2) is 8.78 Å². The molecule has 5 heteroatoms. The summed E-state index contributed by atoms with van der Waals surface area (Å²) in [6.07, 6.45) is 0. The Morgan fingerprint density at radius 2 is 1.71 bits per heavy atom. The Kier molecular flexibility index (Phi) is 3.81. The van der Waals surface area contributed by atoms with Gasteiger partial charge in [-0.3, -0.25) is 0 Å². The molecule has 1 aromatic rings. The number of alkyl halides is 2. The van der Waals surface area contributed by atoms with Crippen molar-refractivity contribution in [3.05, 3.63) is 35.4 Å². The first-order valence-electron chi connectivity index (χ1n) is 5.20. The second-order valence-electron chi connectivity index (χ2n) is 4.93. The highest BCUT2D eigenvalue weighted by molar-refractivity contribution is 5.23. The van der Waals surface area contributed by atoms with Crippen LogP contribution >= 0.6 is 0 Å². The first-order valence-corrected chi connectivity index (χ1v) is 5.20. The van der Waals surface area contributed by atoms with Crippen LogP contribution in [0.1, 0.15) is 26.3 Å². The van der Waals surface area contributed by atoms with Crippen molar-refractivity contribution >= 4 is 0 Å². The van der Waals surface area contributed by atoms with Crippen LogP contribution < -0.4 is 5.32 Å². The van der Waals surface area contributed by atoms with E-state index in [4.69, 9.17) is 0 Å². The predicted octanol–water partition coefficient (Wildman–Crippen LogP) is 3.44. The van der Waals surface area contributed by atoms with E-state index in [1.165, 1.54) is 0 Å². The van der Waals surface area contributed by atoms with E-state index in [0.717, 1.165) is 12.1 Å². The molecule has 1 aromatic carbocycles. The van der Waals surface area contributed by atoms with Crippen molar-refractivity contribution < 1.29 is 17.6 Å². The van der Waals surface area contributed by atoms with Crippen LogP contribution in [0, 0.1) is 11.6 Å². The minimum absolute atomic E-state index is 0.459. The van der Waals surface area contributed by atoms with Crippen LogP contribution in [0.3, 0.4) is 0 Å². The molecule has 0 unspecified atom stereocenters. The average Bonchev–Trinajstić information content (AvgIpc) is 2.13. The first-order chi connectivity index (χ1) is 7.62. The maximum atomic E-state index is 13.7. The summed E-state index contributed by atoms with van der Waals surface area (Å²) in [5.74, 6) is -5.47. The number of rotatable bonds is 3. The quantitative estimate of drug-likeness (QED) is 0.809. The van der Waals surface area contributed by atoms with E-state index in [1.807, 2.05) is 0 Å². The average molecular weight is 249 g/mol. The Morgan fingerprint density at radius 1 is 1.12 bits per heavy atom. The lowest BCUT2D eigenvalue weighted by atomic mass is 10.0. The third kappa shape index (κ3) is 4.00. The van der Waals surface area contributed by atoms with Gasteiger partial charge in [0.2, 0.25) is 0 Å². The van der Waals surface area contributed by atoms with Gasteiger partial charge in [-0.15, -0.1) is 0 Å². The summed E-state index contributed by atoms with van der Waals surface area (Å²) >= 11 is 0. The van der Waals surface area contributed by atoms with E-state index in [0.29, 0.717) is 6.07 Å². The molecule has 1 N–H and O–H groups in total. The Morgan fingerprint density at radius 3 is 2.18 bits per heavy atom. The summed E-state index contributed by atoms with van der Waals surface area (Å²) in [4.78, 5) is 0. The highest BCUT2D eigenvalue weighted by Crippen LogP contribution is 2.30. The minimum Gasteiger partial charge on any atom is -0.306 e. The molecule has 1 nitrogen and oxygen atoms in total. The number of hydrogen-bond acceptors (Lipinski definition) is 1.